The third kappa shape index (κ3) is 5.72. The van der Waals surface area contributed by atoms with E-state index in [0.717, 1.165) is 22.8 Å². The van der Waals surface area contributed by atoms with Crippen LogP contribution in [0.15, 0.2) is 40.3 Å². The van der Waals surface area contributed by atoms with E-state index in [9.17, 15) is 9.59 Å². The Morgan fingerprint density at radius 2 is 1.96 bits per heavy atom. The van der Waals surface area contributed by atoms with Gasteiger partial charge in [-0.05, 0) is 30.4 Å². The lowest BCUT2D eigenvalue weighted by Crippen LogP contribution is -2.09. The molecule has 0 aliphatic rings. The maximum atomic E-state index is 11.7. The van der Waals surface area contributed by atoms with Gasteiger partial charge in [-0.15, -0.1) is 0 Å². The number of carbonyl (C=O) groups is 1. The van der Waals surface area contributed by atoms with Gasteiger partial charge in [0.15, 0.2) is 5.16 Å². The minimum absolute atomic E-state index is 0.128. The molecule has 1 aromatic carbocycles. The lowest BCUT2D eigenvalue weighted by Gasteiger charge is -2.05. The SMILES string of the molecule is CCOC(=O)c1ccc(CSc2nc(CSCC)cc(=O)[nH]2)cc1. The Bertz CT molecular complexity index is 729. The van der Waals surface area contributed by atoms with Crippen LogP contribution in [0.2, 0.25) is 0 Å². The average molecular weight is 364 g/mol. The Kier molecular flexibility index (Phi) is 7.39. The number of benzene rings is 1. The van der Waals surface area contributed by atoms with Crippen molar-refractivity contribution in [1.82, 2.24) is 9.97 Å². The lowest BCUT2D eigenvalue weighted by atomic mass is 10.1. The summed E-state index contributed by atoms with van der Waals surface area (Å²) in [7, 11) is 0. The number of nitrogens with zero attached hydrogens (tertiary/aromatic N) is 1. The van der Waals surface area contributed by atoms with Crippen LogP contribution >= 0.6 is 23.5 Å². The van der Waals surface area contributed by atoms with Gasteiger partial charge < -0.3 is 9.72 Å². The van der Waals surface area contributed by atoms with Gasteiger partial charge in [-0.2, -0.15) is 11.8 Å². The lowest BCUT2D eigenvalue weighted by molar-refractivity contribution is 0.0526. The zero-order chi connectivity index (χ0) is 17.4. The number of H-pyrrole nitrogens is 1. The molecule has 2 aromatic rings. The third-order valence-electron chi connectivity index (χ3n) is 3.07. The number of esters is 1. The quantitative estimate of drug-likeness (QED) is 0.439. The molecule has 0 saturated heterocycles. The van der Waals surface area contributed by atoms with Crippen LogP contribution in [0.25, 0.3) is 0 Å². The monoisotopic (exact) mass is 364 g/mol. The molecule has 0 aliphatic heterocycles. The molecule has 0 saturated carbocycles. The van der Waals surface area contributed by atoms with Crippen LogP contribution in [0, 0.1) is 0 Å². The molecule has 0 atom stereocenters. The van der Waals surface area contributed by atoms with Crippen molar-refractivity contribution < 1.29 is 9.53 Å². The molecule has 24 heavy (non-hydrogen) atoms. The van der Waals surface area contributed by atoms with E-state index < -0.39 is 0 Å². The molecular formula is C17H20N2O3S2. The van der Waals surface area contributed by atoms with Gasteiger partial charge in [0, 0.05) is 17.6 Å². The summed E-state index contributed by atoms with van der Waals surface area (Å²) in [6.07, 6.45) is 0. The number of ether oxygens (including phenoxy) is 1. The Morgan fingerprint density at radius 3 is 2.62 bits per heavy atom. The van der Waals surface area contributed by atoms with Crippen LogP contribution in [0.5, 0.6) is 0 Å². The molecule has 1 heterocycles. The minimum Gasteiger partial charge on any atom is -0.462 e. The topological polar surface area (TPSA) is 72.0 Å². The number of nitrogens with one attached hydrogen (secondary N) is 1. The fourth-order valence-electron chi connectivity index (χ4n) is 1.94. The van der Waals surface area contributed by atoms with Crippen molar-refractivity contribution in [3.8, 4) is 0 Å². The molecule has 0 aliphatic carbocycles. The van der Waals surface area contributed by atoms with Crippen molar-refractivity contribution in [1.29, 1.82) is 0 Å². The summed E-state index contributed by atoms with van der Waals surface area (Å²) in [5.74, 6) is 2.08. The molecule has 0 spiro atoms. The predicted octanol–water partition coefficient (Wildman–Crippen LogP) is 3.49. The first-order valence-electron chi connectivity index (χ1n) is 7.69. The van der Waals surface area contributed by atoms with Crippen molar-refractivity contribution in [3.63, 3.8) is 0 Å². The van der Waals surface area contributed by atoms with Crippen molar-refractivity contribution in [2.75, 3.05) is 12.4 Å². The summed E-state index contributed by atoms with van der Waals surface area (Å²) in [5, 5.41) is 0.615. The molecule has 0 fully saturated rings. The van der Waals surface area contributed by atoms with Gasteiger partial charge in [0.25, 0.3) is 5.56 Å². The highest BCUT2D eigenvalue weighted by atomic mass is 32.2. The molecule has 0 radical (unpaired) electrons. The van der Waals surface area contributed by atoms with Gasteiger partial charge in [0.05, 0.1) is 17.9 Å². The van der Waals surface area contributed by atoms with Gasteiger partial charge in [0.1, 0.15) is 0 Å². The van der Waals surface area contributed by atoms with Gasteiger partial charge in [-0.1, -0.05) is 30.8 Å². The zero-order valence-electron chi connectivity index (χ0n) is 13.7. The Balaban J connectivity index is 1.99. The average Bonchev–Trinajstić information content (AvgIpc) is 2.58. The van der Waals surface area contributed by atoms with Crippen LogP contribution in [0.3, 0.4) is 0 Å². The van der Waals surface area contributed by atoms with Gasteiger partial charge in [0.2, 0.25) is 0 Å². The first kappa shape index (κ1) is 18.6. The van der Waals surface area contributed by atoms with Crippen LogP contribution in [0.4, 0.5) is 0 Å². The van der Waals surface area contributed by atoms with E-state index in [1.165, 1.54) is 11.8 Å². The van der Waals surface area contributed by atoms with Crippen molar-refractivity contribution in [3.05, 3.63) is 57.5 Å². The molecule has 1 aromatic heterocycles. The van der Waals surface area contributed by atoms with Crippen molar-refractivity contribution in [2.45, 2.75) is 30.5 Å². The van der Waals surface area contributed by atoms with E-state index in [1.54, 1.807) is 36.9 Å². The second-order valence-electron chi connectivity index (χ2n) is 4.89. The van der Waals surface area contributed by atoms with Crippen LogP contribution < -0.4 is 5.56 Å². The summed E-state index contributed by atoms with van der Waals surface area (Å²) < 4.78 is 4.96. The minimum atomic E-state index is -0.316. The molecule has 5 nitrogen and oxygen atoms in total. The number of thioether (sulfide) groups is 2. The number of hydrogen-bond donors (Lipinski definition) is 1. The molecular weight excluding hydrogens is 344 g/mol. The van der Waals surface area contributed by atoms with E-state index in [2.05, 4.69) is 16.9 Å². The number of aromatic amines is 1. The molecule has 1 N–H and O–H groups in total. The molecule has 7 heteroatoms. The molecule has 0 unspecified atom stereocenters. The van der Waals surface area contributed by atoms with E-state index in [-0.39, 0.29) is 11.5 Å². The molecule has 2 rings (SSSR count). The summed E-state index contributed by atoms with van der Waals surface area (Å²) in [4.78, 5) is 30.5. The largest absolute Gasteiger partial charge is 0.462 e. The second-order valence-corrected chi connectivity index (χ2v) is 7.12. The van der Waals surface area contributed by atoms with Crippen LogP contribution in [-0.2, 0) is 16.2 Å². The standard InChI is InChI=1S/C17H20N2O3S2/c1-3-22-16(21)13-7-5-12(6-8-13)10-24-17-18-14(11-23-4-2)9-15(20)19-17/h5-9H,3-4,10-11H2,1-2H3,(H,18,19,20). The van der Waals surface area contributed by atoms with Gasteiger partial charge >= 0.3 is 5.97 Å². The van der Waals surface area contributed by atoms with Crippen molar-refractivity contribution in [2.24, 2.45) is 0 Å². The van der Waals surface area contributed by atoms with Crippen molar-refractivity contribution >= 4 is 29.5 Å². The smallest absolute Gasteiger partial charge is 0.338 e. The van der Waals surface area contributed by atoms with E-state index >= 15 is 0 Å². The van der Waals surface area contributed by atoms with Gasteiger partial charge in [-0.3, -0.25) is 4.79 Å². The molecule has 0 amide bonds. The zero-order valence-corrected chi connectivity index (χ0v) is 15.3. The van der Waals surface area contributed by atoms with Crippen LogP contribution in [0.1, 0.15) is 35.5 Å². The fourth-order valence-corrected chi connectivity index (χ4v) is 3.35. The van der Waals surface area contributed by atoms with E-state index in [4.69, 9.17) is 4.74 Å². The summed E-state index contributed by atoms with van der Waals surface area (Å²) >= 11 is 3.20. The number of aromatic nitrogens is 2. The summed E-state index contributed by atoms with van der Waals surface area (Å²) in [6, 6.07) is 8.81. The fraction of sp³-hybridized carbons (Fsp3) is 0.353. The van der Waals surface area contributed by atoms with E-state index in [0.29, 0.717) is 23.1 Å². The molecule has 128 valence electrons. The highest BCUT2D eigenvalue weighted by molar-refractivity contribution is 7.98. The number of rotatable bonds is 8. The van der Waals surface area contributed by atoms with E-state index in [1.807, 2.05) is 12.1 Å². The van der Waals surface area contributed by atoms with Crippen LogP contribution in [-0.4, -0.2) is 28.3 Å². The predicted molar refractivity (Wildman–Crippen MR) is 98.7 cm³/mol. The summed E-state index contributed by atoms with van der Waals surface area (Å²) in [6.45, 7) is 4.22. The maximum Gasteiger partial charge on any atom is 0.338 e. The third-order valence-corrected chi connectivity index (χ3v) is 4.92. The number of hydrogen-bond acceptors (Lipinski definition) is 6. The Hall–Kier alpha value is -1.73. The second kappa shape index (κ2) is 9.54. The first-order valence-corrected chi connectivity index (χ1v) is 9.83. The Labute approximate surface area is 149 Å². The first-order chi connectivity index (χ1) is 11.6. The Morgan fingerprint density at radius 1 is 1.21 bits per heavy atom. The maximum absolute atomic E-state index is 11.7. The van der Waals surface area contributed by atoms with Gasteiger partial charge in [-0.25, -0.2) is 9.78 Å². The normalized spacial score (nSPS) is 10.6. The highest BCUT2D eigenvalue weighted by Gasteiger charge is 2.07. The highest BCUT2D eigenvalue weighted by Crippen LogP contribution is 2.20. The summed E-state index contributed by atoms with van der Waals surface area (Å²) in [5.41, 5.74) is 2.25. The number of carbonyl (C=O) groups excluding carboxylic acids is 1. The molecule has 0 bridgehead atoms.